The van der Waals surface area contributed by atoms with Crippen molar-refractivity contribution in [3.05, 3.63) is 68.3 Å². The maximum atomic E-state index is 13.3. The molecule has 11 nitrogen and oxygen atoms in total. The Hall–Kier alpha value is -4.28. The van der Waals surface area contributed by atoms with Gasteiger partial charge in [0.15, 0.2) is 12.4 Å². The second-order valence-electron chi connectivity index (χ2n) is 8.19. The van der Waals surface area contributed by atoms with Crippen LogP contribution in [0, 0.1) is 10.1 Å². The van der Waals surface area contributed by atoms with Crippen molar-refractivity contribution in [1.29, 1.82) is 0 Å². The topological polar surface area (TPSA) is 146 Å². The molecule has 0 bridgehead atoms. The lowest BCUT2D eigenvalue weighted by atomic mass is 9.88. The molecule has 0 atom stereocenters. The minimum atomic E-state index is -1.29. The van der Waals surface area contributed by atoms with Crippen LogP contribution in [0.5, 0.6) is 11.5 Å². The average molecular weight is 480 g/mol. The summed E-state index contributed by atoms with van der Waals surface area (Å²) in [5.74, 6) is -0.977. The average Bonchev–Trinajstić information content (AvgIpc) is 2.87. The molecule has 2 aromatic carbocycles. The molecule has 1 heterocycles. The number of nitro groups is 1. The van der Waals surface area contributed by atoms with E-state index in [1.807, 2.05) is 6.07 Å². The standard InChI is InChI=1S/C24H24N4O7/c1-34-20-12-15(11-19(28(32)33)22(20)35-14-21(29)30)13-25-27-23(16-7-3-2-4-8-16)26-18-10-6-5-9-17(18)24(27)31/h5-6,9-13,16H,2-4,7-8,14H2,1H3,(H,29,30). The van der Waals surface area contributed by atoms with Crippen LogP contribution in [0.15, 0.2) is 46.3 Å². The van der Waals surface area contributed by atoms with E-state index in [1.54, 1.807) is 18.2 Å². The molecule has 0 unspecified atom stereocenters. The fraction of sp³-hybridized carbons (Fsp3) is 0.333. The molecule has 4 rings (SSSR count). The first-order valence-electron chi connectivity index (χ1n) is 11.2. The summed E-state index contributed by atoms with van der Waals surface area (Å²) in [7, 11) is 1.28. The van der Waals surface area contributed by atoms with Crippen molar-refractivity contribution in [1.82, 2.24) is 9.66 Å². The number of carboxylic acid groups (broad SMARTS) is 1. The number of para-hydroxylation sites is 1. The highest BCUT2D eigenvalue weighted by molar-refractivity contribution is 5.84. The van der Waals surface area contributed by atoms with Gasteiger partial charge in [0.25, 0.3) is 5.56 Å². The maximum absolute atomic E-state index is 13.3. The first kappa shape index (κ1) is 23.9. The van der Waals surface area contributed by atoms with Crippen molar-refractivity contribution in [2.24, 2.45) is 5.10 Å². The molecular formula is C24H24N4O7. The predicted molar refractivity (Wildman–Crippen MR) is 128 cm³/mol. The van der Waals surface area contributed by atoms with E-state index in [0.717, 1.165) is 32.1 Å². The Morgan fingerprint density at radius 1 is 1.29 bits per heavy atom. The number of fused-ring (bicyclic) bond motifs is 1. The number of nitro benzene ring substituents is 1. The van der Waals surface area contributed by atoms with Gasteiger partial charge >= 0.3 is 11.7 Å². The van der Waals surface area contributed by atoms with Crippen LogP contribution < -0.4 is 15.0 Å². The number of nitrogens with zero attached hydrogens (tertiary/aromatic N) is 4. The van der Waals surface area contributed by atoms with Crippen LogP contribution in [0.4, 0.5) is 5.69 Å². The highest BCUT2D eigenvalue weighted by atomic mass is 16.6. The Kier molecular flexibility index (Phi) is 7.04. The minimum Gasteiger partial charge on any atom is -0.493 e. The van der Waals surface area contributed by atoms with E-state index in [4.69, 9.17) is 19.6 Å². The Morgan fingerprint density at radius 2 is 2.03 bits per heavy atom. The number of carboxylic acids is 1. The number of aromatic nitrogens is 2. The van der Waals surface area contributed by atoms with Gasteiger partial charge in [-0.2, -0.15) is 9.78 Å². The first-order chi connectivity index (χ1) is 16.9. The van der Waals surface area contributed by atoms with Crippen molar-refractivity contribution in [2.45, 2.75) is 38.0 Å². The first-order valence-corrected chi connectivity index (χ1v) is 11.2. The second kappa shape index (κ2) is 10.3. The van der Waals surface area contributed by atoms with Crippen molar-refractivity contribution in [3.63, 3.8) is 0 Å². The van der Waals surface area contributed by atoms with Crippen LogP contribution in [0.2, 0.25) is 0 Å². The molecule has 3 aromatic rings. The van der Waals surface area contributed by atoms with E-state index >= 15 is 0 Å². The number of benzene rings is 2. The van der Waals surface area contributed by atoms with E-state index in [9.17, 15) is 19.7 Å². The summed E-state index contributed by atoms with van der Waals surface area (Å²) >= 11 is 0. The smallest absolute Gasteiger partial charge is 0.341 e. The third-order valence-electron chi connectivity index (χ3n) is 5.89. The zero-order valence-electron chi connectivity index (χ0n) is 19.0. The second-order valence-corrected chi connectivity index (χ2v) is 8.19. The molecule has 11 heteroatoms. The molecule has 1 aliphatic rings. The molecule has 182 valence electrons. The molecule has 1 fully saturated rings. The van der Waals surface area contributed by atoms with Gasteiger partial charge in [-0.05, 0) is 31.0 Å². The van der Waals surface area contributed by atoms with Crippen LogP contribution >= 0.6 is 0 Å². The normalized spacial score (nSPS) is 14.3. The van der Waals surface area contributed by atoms with Gasteiger partial charge in [0, 0.05) is 17.5 Å². The monoisotopic (exact) mass is 480 g/mol. The van der Waals surface area contributed by atoms with Crippen molar-refractivity contribution in [2.75, 3.05) is 13.7 Å². The highest BCUT2D eigenvalue weighted by Gasteiger charge is 2.24. The Balaban J connectivity index is 1.81. The van der Waals surface area contributed by atoms with Crippen LogP contribution in [0.25, 0.3) is 10.9 Å². The highest BCUT2D eigenvalue weighted by Crippen LogP contribution is 2.38. The van der Waals surface area contributed by atoms with Gasteiger partial charge in [-0.3, -0.25) is 14.9 Å². The largest absolute Gasteiger partial charge is 0.493 e. The molecular weight excluding hydrogens is 456 g/mol. The van der Waals surface area contributed by atoms with Gasteiger partial charge < -0.3 is 14.6 Å². The lowest BCUT2D eigenvalue weighted by Crippen LogP contribution is -2.25. The third kappa shape index (κ3) is 5.13. The molecule has 35 heavy (non-hydrogen) atoms. The third-order valence-corrected chi connectivity index (χ3v) is 5.89. The summed E-state index contributed by atoms with van der Waals surface area (Å²) in [6.07, 6.45) is 6.33. The van der Waals surface area contributed by atoms with Gasteiger partial charge in [0.1, 0.15) is 5.82 Å². The van der Waals surface area contributed by atoms with Gasteiger partial charge in [-0.1, -0.05) is 31.4 Å². The van der Waals surface area contributed by atoms with Crippen molar-refractivity contribution >= 4 is 28.8 Å². The zero-order valence-corrected chi connectivity index (χ0v) is 19.0. The molecule has 0 spiro atoms. The molecule has 0 aliphatic heterocycles. The fourth-order valence-electron chi connectivity index (χ4n) is 4.25. The van der Waals surface area contributed by atoms with Gasteiger partial charge in [0.2, 0.25) is 5.75 Å². The Morgan fingerprint density at radius 3 is 2.71 bits per heavy atom. The van der Waals surface area contributed by atoms with Crippen LogP contribution in [0.3, 0.4) is 0 Å². The van der Waals surface area contributed by atoms with Crippen LogP contribution in [-0.4, -0.2) is 45.6 Å². The lowest BCUT2D eigenvalue weighted by Gasteiger charge is -2.22. The van der Waals surface area contributed by atoms with E-state index in [-0.39, 0.29) is 28.5 Å². The maximum Gasteiger partial charge on any atom is 0.341 e. The quantitative estimate of drug-likeness (QED) is 0.292. The summed E-state index contributed by atoms with van der Waals surface area (Å²) < 4.78 is 11.6. The molecule has 1 saturated carbocycles. The van der Waals surface area contributed by atoms with Crippen molar-refractivity contribution < 1.29 is 24.3 Å². The number of methoxy groups -OCH3 is 1. The molecule has 1 aliphatic carbocycles. The number of carbonyl (C=O) groups is 1. The predicted octanol–water partition coefficient (Wildman–Crippen LogP) is 3.71. The number of rotatable bonds is 8. The summed E-state index contributed by atoms with van der Waals surface area (Å²) in [6, 6.07) is 9.66. The molecule has 0 amide bonds. The minimum absolute atomic E-state index is 0.0293. The van der Waals surface area contributed by atoms with Crippen LogP contribution in [-0.2, 0) is 4.79 Å². The number of ether oxygens (including phenoxy) is 2. The summed E-state index contributed by atoms with van der Waals surface area (Å²) in [4.78, 5) is 39.9. The van der Waals surface area contributed by atoms with Crippen molar-refractivity contribution in [3.8, 4) is 11.5 Å². The SMILES string of the molecule is COc1cc(C=Nn2c(C3CCCCC3)nc3ccccc3c2=O)cc([N+](=O)[O-])c1OCC(=O)O. The van der Waals surface area contributed by atoms with E-state index in [0.29, 0.717) is 16.7 Å². The summed E-state index contributed by atoms with van der Waals surface area (Å²) in [5.41, 5.74) is 0.0616. The number of hydrogen-bond donors (Lipinski definition) is 1. The fourth-order valence-corrected chi connectivity index (χ4v) is 4.25. The Labute approximate surface area is 199 Å². The summed E-state index contributed by atoms with van der Waals surface area (Å²) in [6.45, 7) is -0.770. The molecule has 1 N–H and O–H groups in total. The Bertz CT molecular complexity index is 1360. The molecule has 0 saturated heterocycles. The van der Waals surface area contributed by atoms with Gasteiger partial charge in [0.05, 0.1) is 29.2 Å². The molecule has 0 radical (unpaired) electrons. The van der Waals surface area contributed by atoms with E-state index < -0.39 is 23.2 Å². The van der Waals surface area contributed by atoms with Gasteiger partial charge in [-0.25, -0.2) is 9.78 Å². The summed E-state index contributed by atoms with van der Waals surface area (Å²) in [5, 5.41) is 25.3. The van der Waals surface area contributed by atoms with E-state index in [1.165, 1.54) is 30.1 Å². The van der Waals surface area contributed by atoms with Gasteiger partial charge in [-0.15, -0.1) is 0 Å². The number of hydrogen-bond acceptors (Lipinski definition) is 8. The van der Waals surface area contributed by atoms with E-state index in [2.05, 4.69) is 5.10 Å². The van der Waals surface area contributed by atoms with Crippen LogP contribution in [0.1, 0.15) is 49.4 Å². The zero-order chi connectivity index (χ0) is 24.9. The number of aliphatic carboxylic acids is 1. The lowest BCUT2D eigenvalue weighted by molar-refractivity contribution is -0.385. The molecule has 1 aromatic heterocycles.